The van der Waals surface area contributed by atoms with Crippen molar-refractivity contribution in [1.82, 2.24) is 29.5 Å². The van der Waals surface area contributed by atoms with Crippen LogP contribution < -0.4 is 19.7 Å². The summed E-state index contributed by atoms with van der Waals surface area (Å²) in [6, 6.07) is 20.8. The number of piperidine rings is 1. The second-order valence-electron chi connectivity index (χ2n) is 20.9. The second-order valence-corrected chi connectivity index (χ2v) is 22.5. The van der Waals surface area contributed by atoms with Gasteiger partial charge in [0.1, 0.15) is 22.0 Å². The molecule has 3 aromatic heterocycles. The summed E-state index contributed by atoms with van der Waals surface area (Å²) in [5.74, 6) is 0.361. The monoisotopic (exact) mass is 943 g/mol. The van der Waals surface area contributed by atoms with E-state index in [4.69, 9.17) is 4.74 Å². The van der Waals surface area contributed by atoms with E-state index >= 15 is 0 Å². The van der Waals surface area contributed by atoms with E-state index in [0.29, 0.717) is 42.9 Å². The van der Waals surface area contributed by atoms with Gasteiger partial charge in [-0.15, -0.1) is 0 Å². The van der Waals surface area contributed by atoms with Crippen molar-refractivity contribution in [3.63, 3.8) is 0 Å². The van der Waals surface area contributed by atoms with Gasteiger partial charge in [0.05, 0.1) is 28.5 Å². The number of hydrogen-bond donors (Lipinski definition) is 4. The Morgan fingerprint density at radius 3 is 2.41 bits per heavy atom. The summed E-state index contributed by atoms with van der Waals surface area (Å²) in [6.07, 6.45) is 16.8. The first-order valence-corrected chi connectivity index (χ1v) is 26.0. The van der Waals surface area contributed by atoms with E-state index in [-0.39, 0.29) is 28.5 Å². The summed E-state index contributed by atoms with van der Waals surface area (Å²) in [5, 5.41) is 26.3. The van der Waals surface area contributed by atoms with Gasteiger partial charge in [0.25, 0.3) is 15.9 Å². The minimum absolute atomic E-state index is 0.0337. The number of aromatic nitrogens is 3. The maximum absolute atomic E-state index is 14.0. The molecule has 68 heavy (non-hydrogen) atoms. The zero-order chi connectivity index (χ0) is 46.8. The van der Waals surface area contributed by atoms with Gasteiger partial charge in [0.2, 0.25) is 5.82 Å². The average molecular weight is 944 g/mol. The van der Waals surface area contributed by atoms with Crippen LogP contribution in [0.1, 0.15) is 117 Å². The fourth-order valence-electron chi connectivity index (χ4n) is 11.6. The second kappa shape index (κ2) is 17.7. The highest BCUT2D eigenvalue weighted by Gasteiger charge is 2.51. The molecule has 5 heterocycles. The van der Waals surface area contributed by atoms with Gasteiger partial charge in [-0.2, -0.15) is 0 Å². The molecule has 6 fully saturated rings. The minimum atomic E-state index is -4.63. The molecule has 6 aliphatic rings. The van der Waals surface area contributed by atoms with Gasteiger partial charge in [0.15, 0.2) is 0 Å². The molecule has 2 saturated heterocycles. The number of nitrogens with one attached hydrogen (secondary N) is 3. The smallest absolute Gasteiger partial charge is 0.312 e. The van der Waals surface area contributed by atoms with Crippen LogP contribution in [0.15, 0.2) is 84.1 Å². The average Bonchev–Trinajstić information content (AvgIpc) is 4.28. The lowest BCUT2D eigenvalue weighted by Crippen LogP contribution is -2.60. The number of amides is 1. The Morgan fingerprint density at radius 2 is 1.68 bits per heavy atom. The molecule has 358 valence electrons. The lowest BCUT2D eigenvalue weighted by molar-refractivity contribution is -0.384. The van der Waals surface area contributed by atoms with Crippen LogP contribution in [0.3, 0.4) is 0 Å². The lowest BCUT2D eigenvalue weighted by atomic mass is 9.59. The highest BCUT2D eigenvalue weighted by atomic mass is 32.2. The van der Waals surface area contributed by atoms with Crippen LogP contribution in [-0.2, 0) is 10.0 Å². The van der Waals surface area contributed by atoms with E-state index in [1.54, 1.807) is 48.6 Å². The zero-order valence-electron chi connectivity index (χ0n) is 38.6. The van der Waals surface area contributed by atoms with Crippen molar-refractivity contribution < 1.29 is 28.0 Å². The number of ether oxygens (including phenoxy) is 1. The van der Waals surface area contributed by atoms with Crippen LogP contribution >= 0.6 is 0 Å². The Labute approximate surface area is 397 Å². The van der Waals surface area contributed by atoms with Crippen molar-refractivity contribution in [1.29, 1.82) is 0 Å². The molecule has 2 aliphatic heterocycles. The predicted molar refractivity (Wildman–Crippen MR) is 259 cm³/mol. The fraction of sp³-hybridized carbons (Fsp3) is 0.510. The first-order chi connectivity index (χ1) is 32.8. The lowest BCUT2D eigenvalue weighted by Gasteiger charge is -2.58. The molecule has 17 heteroatoms. The molecule has 4 aliphatic carbocycles. The first kappa shape index (κ1) is 44.9. The first-order valence-electron chi connectivity index (χ1n) is 24.6. The highest BCUT2D eigenvalue weighted by molar-refractivity contribution is 7.90. The standard InChI is InChI=1S/C51H61N9O7S/c1-50(62)15-12-33(13-16-50)29-53-48-44(60(63)64)26-40(31-55-48)68(65,66)56-49(61)43-11-10-37(25-46(43)67-39-24-35-14-19-52-47(35)54-30-39)57-20-17-51(18-21-57)27-38(28-51)59-23-22-58(36-8-9-36)32-45(59)42-5-3-2-4-41(42)34-6-7-34/h2-5,10-11,14,19,24-26,30-31,33-34,36,38,45,62H,6-9,12-13,15-18,20-23,27-29,32H2,1H3,(H,52,54)(H,53,55)(H,56,61)/t33?,45-,50?/m0/s1. The molecule has 5 aromatic rings. The maximum atomic E-state index is 14.0. The Hall–Kier alpha value is -5.62. The van der Waals surface area contributed by atoms with Gasteiger partial charge in [-0.25, -0.2) is 23.1 Å². The van der Waals surface area contributed by atoms with E-state index < -0.39 is 37.0 Å². The molecule has 1 atom stereocenters. The number of aromatic amines is 1. The van der Waals surface area contributed by atoms with Gasteiger partial charge in [-0.1, -0.05) is 24.3 Å². The zero-order valence-corrected chi connectivity index (χ0v) is 39.4. The number of fused-ring (bicyclic) bond motifs is 1. The molecule has 1 spiro atoms. The van der Waals surface area contributed by atoms with E-state index in [9.17, 15) is 28.4 Å². The molecule has 1 amide bonds. The molecule has 4 N–H and O–H groups in total. The normalized spacial score (nSPS) is 24.7. The predicted octanol–water partition coefficient (Wildman–Crippen LogP) is 8.28. The third-order valence-electron chi connectivity index (χ3n) is 16.0. The molecular weight excluding hydrogens is 883 g/mol. The molecule has 11 rings (SSSR count). The Balaban J connectivity index is 0.784. The fourth-order valence-corrected chi connectivity index (χ4v) is 12.6. The molecular formula is C51H61N9O7S. The number of hydrogen-bond acceptors (Lipinski definition) is 13. The van der Waals surface area contributed by atoms with Crippen molar-refractivity contribution in [2.24, 2.45) is 11.3 Å². The Bertz CT molecular complexity index is 2820. The topological polar surface area (TPSA) is 199 Å². The van der Waals surface area contributed by atoms with Crippen molar-refractivity contribution in [3.8, 4) is 11.5 Å². The number of benzene rings is 2. The van der Waals surface area contributed by atoms with Crippen molar-refractivity contribution in [3.05, 3.63) is 106 Å². The molecule has 2 aromatic carbocycles. The summed E-state index contributed by atoms with van der Waals surface area (Å²) in [5.41, 5.74) is 3.65. The summed E-state index contributed by atoms with van der Waals surface area (Å²) in [7, 11) is -4.63. The van der Waals surface area contributed by atoms with Gasteiger partial charge in [0, 0.05) is 86.8 Å². The summed E-state index contributed by atoms with van der Waals surface area (Å²) in [6.45, 7) is 7.27. The van der Waals surface area contributed by atoms with E-state index in [2.05, 4.69) is 64.0 Å². The van der Waals surface area contributed by atoms with E-state index in [0.717, 1.165) is 93.7 Å². The number of piperazine rings is 1. The van der Waals surface area contributed by atoms with Gasteiger partial charge in [-0.3, -0.25) is 24.7 Å². The summed E-state index contributed by atoms with van der Waals surface area (Å²) in [4.78, 5) is 44.5. The van der Waals surface area contributed by atoms with E-state index in [1.807, 2.05) is 12.1 Å². The van der Waals surface area contributed by atoms with E-state index in [1.165, 1.54) is 38.5 Å². The van der Waals surface area contributed by atoms with Crippen LogP contribution in [-0.4, -0.2) is 106 Å². The van der Waals surface area contributed by atoms with Gasteiger partial charge in [-0.05, 0) is 137 Å². The van der Waals surface area contributed by atoms with Crippen molar-refractivity contribution >= 4 is 44.2 Å². The summed E-state index contributed by atoms with van der Waals surface area (Å²) < 4.78 is 36.0. The number of H-pyrrole nitrogens is 1. The van der Waals surface area contributed by atoms with Crippen LogP contribution in [0.4, 0.5) is 17.2 Å². The number of aliphatic hydroxyl groups is 1. The largest absolute Gasteiger partial charge is 0.455 e. The number of carbonyl (C=O) groups is 1. The Morgan fingerprint density at radius 1 is 0.912 bits per heavy atom. The quantitative estimate of drug-likeness (QED) is 0.0613. The van der Waals surface area contributed by atoms with Crippen LogP contribution in [0.25, 0.3) is 11.0 Å². The number of sulfonamides is 1. The number of nitrogens with zero attached hydrogens (tertiary/aromatic N) is 6. The molecule has 16 nitrogen and oxygen atoms in total. The Kier molecular flexibility index (Phi) is 11.7. The van der Waals surface area contributed by atoms with Crippen LogP contribution in [0.5, 0.6) is 11.5 Å². The molecule has 0 radical (unpaired) electrons. The van der Waals surface area contributed by atoms with Crippen LogP contribution in [0.2, 0.25) is 0 Å². The summed E-state index contributed by atoms with van der Waals surface area (Å²) >= 11 is 0. The SMILES string of the molecule is CC1(O)CCC(CNc2ncc(S(=O)(=O)NC(=O)c3ccc(N4CCC5(CC4)CC(N4CCN(C6CC6)C[C@H]4c4ccccc4C4CC4)C5)cc3Oc3cnc4[nH]ccc4c3)cc2[N+](=O)[O-])CC1. The highest BCUT2D eigenvalue weighted by Crippen LogP contribution is 2.54. The van der Waals surface area contributed by atoms with Crippen LogP contribution in [0, 0.1) is 21.4 Å². The third kappa shape index (κ3) is 9.29. The third-order valence-corrected chi connectivity index (χ3v) is 17.3. The molecule has 4 saturated carbocycles. The number of carbonyl (C=O) groups excluding carboxylic acids is 1. The molecule has 0 unspecified atom stereocenters. The number of pyridine rings is 2. The molecule has 0 bridgehead atoms. The minimum Gasteiger partial charge on any atom is -0.455 e. The van der Waals surface area contributed by atoms with Gasteiger partial charge < -0.3 is 25.0 Å². The van der Waals surface area contributed by atoms with Gasteiger partial charge >= 0.3 is 5.69 Å². The van der Waals surface area contributed by atoms with Crippen molar-refractivity contribution in [2.45, 2.75) is 119 Å². The number of nitro groups is 1. The maximum Gasteiger partial charge on any atom is 0.312 e. The van der Waals surface area contributed by atoms with Crippen molar-refractivity contribution in [2.75, 3.05) is 49.5 Å². The number of anilines is 2. The number of rotatable bonds is 14.